The van der Waals surface area contributed by atoms with Gasteiger partial charge in [0.05, 0.1) is 6.04 Å². The number of carboxylic acid groups (broad SMARTS) is 1. The summed E-state index contributed by atoms with van der Waals surface area (Å²) in [6, 6.07) is 6.90. The Bertz CT molecular complexity index is 519. The molecule has 0 radical (unpaired) electrons. The third-order valence-electron chi connectivity index (χ3n) is 3.73. The number of nitrogens with two attached hydrogens (primary N) is 1. The molecule has 0 fully saturated rings. The van der Waals surface area contributed by atoms with E-state index in [0.717, 1.165) is 19.3 Å². The lowest BCUT2D eigenvalue weighted by atomic mass is 9.88. The van der Waals surface area contributed by atoms with Crippen LogP contribution in [-0.4, -0.2) is 29.7 Å². The molecule has 2 amide bonds. The zero-order chi connectivity index (χ0) is 15.2. The van der Waals surface area contributed by atoms with Crippen molar-refractivity contribution < 1.29 is 14.7 Å². The van der Waals surface area contributed by atoms with E-state index in [1.165, 1.54) is 11.1 Å². The summed E-state index contributed by atoms with van der Waals surface area (Å²) in [6.07, 6.45) is 3.22. The predicted molar refractivity (Wildman–Crippen MR) is 78.9 cm³/mol. The number of urea groups is 1. The number of rotatable bonds is 5. The van der Waals surface area contributed by atoms with E-state index in [1.807, 2.05) is 18.2 Å². The fourth-order valence-corrected chi connectivity index (χ4v) is 2.58. The topological polar surface area (TPSA) is 104 Å². The Kier molecular flexibility index (Phi) is 5.16. The number of aliphatic carboxylic acids is 1. The zero-order valence-corrected chi connectivity index (χ0v) is 11.8. The van der Waals surface area contributed by atoms with Gasteiger partial charge >= 0.3 is 12.0 Å². The molecule has 114 valence electrons. The second-order valence-corrected chi connectivity index (χ2v) is 5.28. The van der Waals surface area contributed by atoms with Crippen molar-refractivity contribution in [2.24, 2.45) is 5.73 Å². The van der Waals surface area contributed by atoms with E-state index in [2.05, 4.69) is 16.7 Å². The summed E-state index contributed by atoms with van der Waals surface area (Å²) in [5, 5.41) is 14.3. The molecule has 2 rings (SSSR count). The monoisotopic (exact) mass is 291 g/mol. The smallest absolute Gasteiger partial charge is 0.320 e. The van der Waals surface area contributed by atoms with Crippen LogP contribution in [0.4, 0.5) is 4.79 Å². The van der Waals surface area contributed by atoms with E-state index in [1.54, 1.807) is 0 Å². The highest BCUT2D eigenvalue weighted by Gasteiger charge is 2.21. The maximum absolute atomic E-state index is 11.9. The van der Waals surface area contributed by atoms with Crippen LogP contribution in [0.15, 0.2) is 24.3 Å². The molecular formula is C15H21N3O3. The molecular weight excluding hydrogens is 270 g/mol. The Hall–Kier alpha value is -2.08. The van der Waals surface area contributed by atoms with E-state index >= 15 is 0 Å². The Balaban J connectivity index is 1.82. The number of benzene rings is 1. The lowest BCUT2D eigenvalue weighted by molar-refractivity contribution is -0.138. The molecule has 6 nitrogen and oxygen atoms in total. The van der Waals surface area contributed by atoms with Crippen LogP contribution < -0.4 is 16.4 Å². The van der Waals surface area contributed by atoms with Gasteiger partial charge in [0.2, 0.25) is 0 Å². The molecule has 0 heterocycles. The molecule has 1 aromatic carbocycles. The highest BCUT2D eigenvalue weighted by atomic mass is 16.4. The molecule has 2 atom stereocenters. The average molecular weight is 291 g/mol. The van der Waals surface area contributed by atoms with E-state index in [-0.39, 0.29) is 25.0 Å². The maximum Gasteiger partial charge on any atom is 0.320 e. The number of aryl methyl sites for hydroxylation is 1. The molecule has 5 N–H and O–H groups in total. The molecule has 0 saturated heterocycles. The molecule has 6 heteroatoms. The third kappa shape index (κ3) is 4.19. The Morgan fingerprint density at radius 3 is 2.90 bits per heavy atom. The van der Waals surface area contributed by atoms with Gasteiger partial charge in [-0.15, -0.1) is 0 Å². The summed E-state index contributed by atoms with van der Waals surface area (Å²) in [5.41, 5.74) is 7.83. The van der Waals surface area contributed by atoms with Crippen molar-refractivity contribution in [3.8, 4) is 0 Å². The van der Waals surface area contributed by atoms with Crippen LogP contribution in [0.25, 0.3) is 0 Å². The second-order valence-electron chi connectivity index (χ2n) is 5.28. The quantitative estimate of drug-likeness (QED) is 0.653. The number of fused-ring (bicyclic) bond motifs is 1. The SMILES string of the molecule is N[C@@H](CCNC(=O)NC1CCCc2ccccc21)C(=O)O. The van der Waals surface area contributed by atoms with Crippen molar-refractivity contribution in [3.05, 3.63) is 35.4 Å². The van der Waals surface area contributed by atoms with E-state index in [0.29, 0.717) is 0 Å². The van der Waals surface area contributed by atoms with Crippen molar-refractivity contribution in [1.29, 1.82) is 0 Å². The Labute approximate surface area is 123 Å². The van der Waals surface area contributed by atoms with Gasteiger partial charge in [-0.2, -0.15) is 0 Å². The fraction of sp³-hybridized carbons (Fsp3) is 0.467. The summed E-state index contributed by atoms with van der Waals surface area (Å²) < 4.78 is 0. The standard InChI is InChI=1S/C15H21N3O3/c16-12(14(19)20)8-9-17-15(21)18-13-7-3-5-10-4-1-2-6-11(10)13/h1-2,4,6,12-13H,3,5,7-9,16H2,(H,19,20)(H2,17,18,21)/t12-,13?/m0/s1. The van der Waals surface area contributed by atoms with Gasteiger partial charge in [0.15, 0.2) is 0 Å². The minimum absolute atomic E-state index is 0.0168. The summed E-state index contributed by atoms with van der Waals surface area (Å²) in [5.74, 6) is -1.06. The lowest BCUT2D eigenvalue weighted by Crippen LogP contribution is -2.41. The predicted octanol–water partition coefficient (Wildman–Crippen LogP) is 1.17. The molecule has 0 bridgehead atoms. The molecule has 0 spiro atoms. The molecule has 0 aliphatic heterocycles. The number of carbonyl (C=O) groups is 2. The van der Waals surface area contributed by atoms with Crippen LogP contribution in [0.1, 0.15) is 36.4 Å². The van der Waals surface area contributed by atoms with Crippen LogP contribution in [-0.2, 0) is 11.2 Å². The normalized spacial score (nSPS) is 18.4. The highest BCUT2D eigenvalue weighted by molar-refractivity contribution is 5.75. The summed E-state index contributed by atoms with van der Waals surface area (Å²) >= 11 is 0. The van der Waals surface area contributed by atoms with Crippen molar-refractivity contribution in [1.82, 2.24) is 10.6 Å². The van der Waals surface area contributed by atoms with Crippen LogP contribution in [0.5, 0.6) is 0 Å². The van der Waals surface area contributed by atoms with Gasteiger partial charge in [-0.05, 0) is 36.8 Å². The molecule has 1 unspecified atom stereocenters. The number of carboxylic acids is 1. The molecule has 1 aliphatic carbocycles. The zero-order valence-electron chi connectivity index (χ0n) is 11.8. The minimum Gasteiger partial charge on any atom is -0.480 e. The van der Waals surface area contributed by atoms with Gasteiger partial charge in [-0.1, -0.05) is 24.3 Å². The van der Waals surface area contributed by atoms with Crippen LogP contribution >= 0.6 is 0 Å². The first kappa shape index (κ1) is 15.3. The number of hydrogen-bond donors (Lipinski definition) is 4. The van der Waals surface area contributed by atoms with Gasteiger partial charge in [-0.3, -0.25) is 4.79 Å². The molecule has 1 aliphatic rings. The third-order valence-corrected chi connectivity index (χ3v) is 3.73. The highest BCUT2D eigenvalue weighted by Crippen LogP contribution is 2.29. The first-order valence-corrected chi connectivity index (χ1v) is 7.18. The van der Waals surface area contributed by atoms with Crippen molar-refractivity contribution in [2.75, 3.05) is 6.54 Å². The van der Waals surface area contributed by atoms with Gasteiger partial charge in [-0.25, -0.2) is 4.79 Å². The fourth-order valence-electron chi connectivity index (χ4n) is 2.58. The van der Waals surface area contributed by atoms with Gasteiger partial charge in [0, 0.05) is 6.54 Å². The second kappa shape index (κ2) is 7.08. The maximum atomic E-state index is 11.9. The van der Waals surface area contributed by atoms with E-state index in [4.69, 9.17) is 10.8 Å². The largest absolute Gasteiger partial charge is 0.480 e. The molecule has 0 saturated carbocycles. The van der Waals surface area contributed by atoms with Crippen LogP contribution in [0.3, 0.4) is 0 Å². The summed E-state index contributed by atoms with van der Waals surface area (Å²) in [7, 11) is 0. The van der Waals surface area contributed by atoms with Crippen LogP contribution in [0.2, 0.25) is 0 Å². The van der Waals surface area contributed by atoms with Gasteiger partial charge < -0.3 is 21.5 Å². The first-order chi connectivity index (χ1) is 10.1. The number of nitrogens with one attached hydrogen (secondary N) is 2. The number of amides is 2. The Morgan fingerprint density at radius 2 is 2.14 bits per heavy atom. The lowest BCUT2D eigenvalue weighted by Gasteiger charge is -2.26. The minimum atomic E-state index is -1.06. The van der Waals surface area contributed by atoms with E-state index < -0.39 is 12.0 Å². The number of carbonyl (C=O) groups excluding carboxylic acids is 1. The van der Waals surface area contributed by atoms with Crippen LogP contribution in [0, 0.1) is 0 Å². The van der Waals surface area contributed by atoms with Gasteiger partial charge in [0.1, 0.15) is 6.04 Å². The van der Waals surface area contributed by atoms with Gasteiger partial charge in [0.25, 0.3) is 0 Å². The molecule has 1 aromatic rings. The number of hydrogen-bond acceptors (Lipinski definition) is 3. The molecule has 21 heavy (non-hydrogen) atoms. The molecule has 0 aromatic heterocycles. The first-order valence-electron chi connectivity index (χ1n) is 7.18. The summed E-state index contributed by atoms with van der Waals surface area (Å²) in [4.78, 5) is 22.4. The van der Waals surface area contributed by atoms with Crippen molar-refractivity contribution >= 4 is 12.0 Å². The van der Waals surface area contributed by atoms with Crippen molar-refractivity contribution in [3.63, 3.8) is 0 Å². The average Bonchev–Trinajstić information content (AvgIpc) is 2.47. The van der Waals surface area contributed by atoms with Crippen molar-refractivity contribution in [2.45, 2.75) is 37.8 Å². The summed E-state index contributed by atoms with van der Waals surface area (Å²) in [6.45, 7) is 0.244. The Morgan fingerprint density at radius 1 is 1.38 bits per heavy atom. The van der Waals surface area contributed by atoms with E-state index in [9.17, 15) is 9.59 Å².